The number of rotatable bonds is 11. The maximum Gasteiger partial charge on any atom is 0.333 e. The molecule has 0 aliphatic carbocycles. The SMILES string of the molecule is CCCCCc1cn(-c2c(Cl)cccc2CCC)c(=O)n1Cc1ccc(-c2ccccc2-c2nn[nH]n2)cc1. The molecule has 0 unspecified atom stereocenters. The Morgan fingerprint density at radius 3 is 2.38 bits per heavy atom. The number of imidazole rings is 1. The van der Waals surface area contributed by atoms with Crippen LogP contribution in [0.1, 0.15) is 56.4 Å². The van der Waals surface area contributed by atoms with E-state index in [0.717, 1.165) is 77.7 Å². The highest BCUT2D eigenvalue weighted by atomic mass is 35.5. The van der Waals surface area contributed by atoms with Crippen molar-refractivity contribution >= 4 is 11.6 Å². The average Bonchev–Trinajstić information content (AvgIpc) is 3.59. The molecule has 0 aliphatic heterocycles. The smallest absolute Gasteiger partial charge is 0.292 e. The van der Waals surface area contributed by atoms with E-state index in [0.29, 0.717) is 17.4 Å². The van der Waals surface area contributed by atoms with Crippen molar-refractivity contribution in [1.82, 2.24) is 29.8 Å². The van der Waals surface area contributed by atoms with Gasteiger partial charge in [0.25, 0.3) is 0 Å². The molecule has 0 fully saturated rings. The molecule has 0 spiro atoms. The number of aromatic amines is 1. The van der Waals surface area contributed by atoms with Gasteiger partial charge in [-0.1, -0.05) is 105 Å². The van der Waals surface area contributed by atoms with Crippen molar-refractivity contribution in [3.63, 3.8) is 0 Å². The second-order valence-corrected chi connectivity index (χ2v) is 10.2. The van der Waals surface area contributed by atoms with Crippen LogP contribution in [0.4, 0.5) is 0 Å². The molecule has 0 atom stereocenters. The van der Waals surface area contributed by atoms with Crippen LogP contribution in [-0.2, 0) is 19.4 Å². The monoisotopic (exact) mass is 540 g/mol. The highest BCUT2D eigenvalue weighted by Crippen LogP contribution is 2.30. The van der Waals surface area contributed by atoms with Crippen LogP contribution in [-0.4, -0.2) is 29.8 Å². The maximum atomic E-state index is 13.8. The van der Waals surface area contributed by atoms with E-state index in [1.54, 1.807) is 4.57 Å². The van der Waals surface area contributed by atoms with Crippen molar-refractivity contribution in [3.05, 3.63) is 105 Å². The Bertz CT molecular complexity index is 1580. The summed E-state index contributed by atoms with van der Waals surface area (Å²) in [4.78, 5) is 13.8. The van der Waals surface area contributed by atoms with Crippen LogP contribution >= 0.6 is 11.6 Å². The summed E-state index contributed by atoms with van der Waals surface area (Å²) < 4.78 is 3.65. The minimum absolute atomic E-state index is 0.0570. The fourth-order valence-corrected chi connectivity index (χ4v) is 5.38. The zero-order valence-corrected chi connectivity index (χ0v) is 23.2. The van der Waals surface area contributed by atoms with Crippen molar-refractivity contribution in [2.75, 3.05) is 0 Å². The number of aryl methyl sites for hydroxylation is 2. The summed E-state index contributed by atoms with van der Waals surface area (Å²) in [5.41, 5.74) is 6.90. The number of para-hydroxylation sites is 1. The Balaban J connectivity index is 1.49. The van der Waals surface area contributed by atoms with Gasteiger partial charge < -0.3 is 0 Å². The van der Waals surface area contributed by atoms with Gasteiger partial charge in [0.15, 0.2) is 0 Å². The Hall–Kier alpha value is -3.97. The molecule has 7 nitrogen and oxygen atoms in total. The lowest BCUT2D eigenvalue weighted by molar-refractivity contribution is 0.653. The molecule has 0 saturated carbocycles. The molecule has 2 heterocycles. The first-order chi connectivity index (χ1) is 19.1. The van der Waals surface area contributed by atoms with Crippen molar-refractivity contribution in [2.24, 2.45) is 0 Å². The molecule has 0 amide bonds. The van der Waals surface area contributed by atoms with Crippen molar-refractivity contribution in [2.45, 2.75) is 58.9 Å². The van der Waals surface area contributed by atoms with Gasteiger partial charge >= 0.3 is 5.69 Å². The van der Waals surface area contributed by atoms with Gasteiger partial charge in [-0.15, -0.1) is 10.2 Å². The zero-order valence-electron chi connectivity index (χ0n) is 22.4. The fourth-order valence-electron chi connectivity index (χ4n) is 5.09. The molecule has 0 saturated heterocycles. The number of unbranched alkanes of at least 4 members (excludes halogenated alkanes) is 2. The van der Waals surface area contributed by atoms with E-state index in [9.17, 15) is 4.79 Å². The summed E-state index contributed by atoms with van der Waals surface area (Å²) in [6.07, 6.45) is 7.98. The van der Waals surface area contributed by atoms with Crippen LogP contribution in [0, 0.1) is 0 Å². The van der Waals surface area contributed by atoms with Crippen molar-refractivity contribution in [3.8, 4) is 28.2 Å². The molecule has 2 aromatic heterocycles. The Morgan fingerprint density at radius 1 is 0.872 bits per heavy atom. The molecular weight excluding hydrogens is 508 g/mol. The van der Waals surface area contributed by atoms with Crippen LogP contribution in [0.2, 0.25) is 5.02 Å². The van der Waals surface area contributed by atoms with E-state index in [-0.39, 0.29) is 5.69 Å². The third-order valence-corrected chi connectivity index (χ3v) is 7.35. The molecule has 3 aromatic carbocycles. The van der Waals surface area contributed by atoms with Gasteiger partial charge in [-0.05, 0) is 52.8 Å². The van der Waals surface area contributed by atoms with Crippen LogP contribution in [0.3, 0.4) is 0 Å². The summed E-state index contributed by atoms with van der Waals surface area (Å²) in [5, 5.41) is 15.1. The first kappa shape index (κ1) is 26.6. The topological polar surface area (TPSA) is 81.4 Å². The summed E-state index contributed by atoms with van der Waals surface area (Å²) in [5.74, 6) is 0.557. The fraction of sp³-hybridized carbons (Fsp3) is 0.290. The number of nitrogens with zero attached hydrogens (tertiary/aromatic N) is 5. The third kappa shape index (κ3) is 5.73. The van der Waals surface area contributed by atoms with Gasteiger partial charge in [-0.3, -0.25) is 9.13 Å². The summed E-state index contributed by atoms with van der Waals surface area (Å²) in [7, 11) is 0. The van der Waals surface area contributed by atoms with Crippen molar-refractivity contribution < 1.29 is 0 Å². The molecule has 0 radical (unpaired) electrons. The highest BCUT2D eigenvalue weighted by molar-refractivity contribution is 6.32. The van der Waals surface area contributed by atoms with Crippen LogP contribution in [0.15, 0.2) is 77.7 Å². The van der Waals surface area contributed by atoms with Gasteiger partial charge in [-0.25, -0.2) is 4.79 Å². The highest BCUT2D eigenvalue weighted by Gasteiger charge is 2.18. The summed E-state index contributed by atoms with van der Waals surface area (Å²) in [6, 6.07) is 22.2. The second-order valence-electron chi connectivity index (χ2n) is 9.79. The Labute approximate surface area is 233 Å². The van der Waals surface area contributed by atoms with E-state index in [4.69, 9.17) is 11.6 Å². The average molecular weight is 541 g/mol. The van der Waals surface area contributed by atoms with Gasteiger partial charge in [0.05, 0.1) is 17.3 Å². The van der Waals surface area contributed by atoms with E-state index in [2.05, 4.69) is 70.9 Å². The zero-order chi connectivity index (χ0) is 27.2. The van der Waals surface area contributed by atoms with Gasteiger partial charge in [-0.2, -0.15) is 5.21 Å². The van der Waals surface area contributed by atoms with Crippen LogP contribution < -0.4 is 5.69 Å². The quantitative estimate of drug-likeness (QED) is 0.185. The molecule has 5 rings (SSSR count). The summed E-state index contributed by atoms with van der Waals surface area (Å²) in [6.45, 7) is 4.82. The molecule has 200 valence electrons. The minimum atomic E-state index is -0.0570. The van der Waals surface area contributed by atoms with E-state index >= 15 is 0 Å². The van der Waals surface area contributed by atoms with Crippen LogP contribution in [0.5, 0.6) is 0 Å². The lowest BCUT2D eigenvalue weighted by Crippen LogP contribution is -2.25. The third-order valence-electron chi connectivity index (χ3n) is 7.05. The number of hydrogen-bond acceptors (Lipinski definition) is 4. The molecule has 8 heteroatoms. The molecule has 1 N–H and O–H groups in total. The van der Waals surface area contributed by atoms with Gasteiger partial charge in [0.1, 0.15) is 0 Å². The molecule has 5 aromatic rings. The number of nitrogens with one attached hydrogen (secondary N) is 1. The number of tetrazole rings is 1. The minimum Gasteiger partial charge on any atom is -0.292 e. The van der Waals surface area contributed by atoms with E-state index < -0.39 is 0 Å². The molecule has 0 bridgehead atoms. The number of aromatic nitrogens is 6. The van der Waals surface area contributed by atoms with Gasteiger partial charge in [0, 0.05) is 17.5 Å². The lowest BCUT2D eigenvalue weighted by atomic mass is 9.98. The van der Waals surface area contributed by atoms with Crippen LogP contribution in [0.25, 0.3) is 28.2 Å². The number of hydrogen-bond donors (Lipinski definition) is 1. The molecule has 0 aliphatic rings. The van der Waals surface area contributed by atoms with E-state index in [1.165, 1.54) is 0 Å². The largest absolute Gasteiger partial charge is 0.333 e. The normalized spacial score (nSPS) is 11.3. The van der Waals surface area contributed by atoms with Gasteiger partial charge in [0.2, 0.25) is 5.82 Å². The summed E-state index contributed by atoms with van der Waals surface area (Å²) >= 11 is 6.66. The number of benzene rings is 3. The Morgan fingerprint density at radius 2 is 1.67 bits per heavy atom. The number of halogens is 1. The number of H-pyrrole nitrogens is 1. The Kier molecular flexibility index (Phi) is 8.37. The second kappa shape index (κ2) is 12.3. The predicted octanol–water partition coefficient (Wildman–Crippen LogP) is 6.87. The maximum absolute atomic E-state index is 13.8. The van der Waals surface area contributed by atoms with Crippen molar-refractivity contribution in [1.29, 1.82) is 0 Å². The predicted molar refractivity (Wildman–Crippen MR) is 156 cm³/mol. The standard InChI is InChI=1S/C31H33ClN6O/c1-3-5-6-12-25-21-38(29-24(10-4-2)11-9-15-28(29)32)31(39)37(25)20-22-16-18-23(19-17-22)26-13-7-8-14-27(26)30-33-35-36-34-30/h7-9,11,13-19,21H,3-6,10,12,20H2,1-2H3,(H,33,34,35,36). The molecule has 39 heavy (non-hydrogen) atoms. The first-order valence-electron chi connectivity index (χ1n) is 13.6. The molecular formula is C31H33ClN6O. The van der Waals surface area contributed by atoms with E-state index in [1.807, 2.05) is 41.1 Å². The first-order valence-corrected chi connectivity index (χ1v) is 14.0. The lowest BCUT2D eigenvalue weighted by Gasteiger charge is -2.11.